The van der Waals surface area contributed by atoms with Gasteiger partial charge in [-0.05, 0) is 35.0 Å². The maximum Gasteiger partial charge on any atom is 0.300 e. The average molecular weight is 439 g/mol. The Hall–Kier alpha value is -4.52. The number of anilines is 1. The van der Waals surface area contributed by atoms with Gasteiger partial charge in [-0.25, -0.2) is 0 Å². The largest absolute Gasteiger partial charge is 0.507 e. The number of ketones is 1. The van der Waals surface area contributed by atoms with E-state index in [4.69, 9.17) is 13.9 Å². The van der Waals surface area contributed by atoms with E-state index in [9.17, 15) is 14.7 Å². The third kappa shape index (κ3) is 2.90. The molecular weight excluding hydrogens is 422 g/mol. The highest BCUT2D eigenvalue weighted by Crippen LogP contribution is 2.45. The van der Waals surface area contributed by atoms with Gasteiger partial charge < -0.3 is 19.0 Å². The van der Waals surface area contributed by atoms with Crippen LogP contribution in [0.1, 0.15) is 17.4 Å². The van der Waals surface area contributed by atoms with Gasteiger partial charge in [0.2, 0.25) is 6.79 Å². The highest BCUT2D eigenvalue weighted by molar-refractivity contribution is 6.51. The molecule has 7 nitrogen and oxygen atoms in total. The van der Waals surface area contributed by atoms with Gasteiger partial charge in [-0.2, -0.15) is 0 Å². The van der Waals surface area contributed by atoms with E-state index in [0.717, 1.165) is 10.8 Å². The van der Waals surface area contributed by atoms with E-state index in [1.807, 2.05) is 30.3 Å². The number of aliphatic hydroxyl groups excluding tert-OH is 1. The van der Waals surface area contributed by atoms with Crippen LogP contribution in [0.15, 0.2) is 89.0 Å². The van der Waals surface area contributed by atoms with Gasteiger partial charge in [0.05, 0.1) is 11.8 Å². The minimum absolute atomic E-state index is 0.0380. The van der Waals surface area contributed by atoms with Gasteiger partial charge in [0.1, 0.15) is 17.6 Å². The van der Waals surface area contributed by atoms with Crippen molar-refractivity contribution >= 4 is 33.9 Å². The molecule has 1 aromatic heterocycles. The molecule has 1 atom stereocenters. The molecular formula is C26H17NO6. The fraction of sp³-hybridized carbons (Fsp3) is 0.0769. The summed E-state index contributed by atoms with van der Waals surface area (Å²) >= 11 is 0. The predicted molar refractivity (Wildman–Crippen MR) is 120 cm³/mol. The summed E-state index contributed by atoms with van der Waals surface area (Å²) in [4.78, 5) is 27.8. The van der Waals surface area contributed by atoms with Crippen molar-refractivity contribution in [2.75, 3.05) is 11.7 Å². The predicted octanol–water partition coefficient (Wildman–Crippen LogP) is 4.79. The molecule has 2 aliphatic heterocycles. The summed E-state index contributed by atoms with van der Waals surface area (Å²) in [5.74, 6) is -0.428. The first kappa shape index (κ1) is 19.2. The molecule has 2 aliphatic rings. The number of rotatable bonds is 3. The number of nitrogens with zero attached hydrogens (tertiary/aromatic N) is 1. The maximum atomic E-state index is 13.3. The number of aliphatic hydroxyl groups is 1. The van der Waals surface area contributed by atoms with Crippen LogP contribution < -0.4 is 14.4 Å². The van der Waals surface area contributed by atoms with Gasteiger partial charge in [0.15, 0.2) is 11.5 Å². The Balaban J connectivity index is 1.57. The Morgan fingerprint density at radius 2 is 1.73 bits per heavy atom. The Bertz CT molecular complexity index is 1450. The first-order valence-corrected chi connectivity index (χ1v) is 10.4. The van der Waals surface area contributed by atoms with Crippen LogP contribution in [0.4, 0.5) is 5.69 Å². The smallest absolute Gasteiger partial charge is 0.300 e. The lowest BCUT2D eigenvalue weighted by Gasteiger charge is -2.23. The molecule has 0 radical (unpaired) electrons. The number of hydrogen-bond acceptors (Lipinski definition) is 6. The van der Waals surface area contributed by atoms with E-state index >= 15 is 0 Å². The SMILES string of the molecule is O=C1C(=O)N(c2ccc3c(c2)OCO3)C(c2ccco2)/C1=C(/O)c1cccc2ccccc12. The van der Waals surface area contributed by atoms with Gasteiger partial charge in [-0.1, -0.05) is 42.5 Å². The van der Waals surface area contributed by atoms with Gasteiger partial charge >= 0.3 is 0 Å². The quantitative estimate of drug-likeness (QED) is 0.281. The van der Waals surface area contributed by atoms with E-state index in [0.29, 0.717) is 28.5 Å². The van der Waals surface area contributed by atoms with Gasteiger partial charge in [0.25, 0.3) is 11.7 Å². The van der Waals surface area contributed by atoms with E-state index < -0.39 is 17.7 Å². The normalized spacial score (nSPS) is 18.9. The number of carbonyl (C=O) groups is 2. The molecule has 1 fully saturated rings. The molecule has 1 unspecified atom stereocenters. The number of carbonyl (C=O) groups excluding carboxylic acids is 2. The van der Waals surface area contributed by atoms with E-state index in [1.165, 1.54) is 11.2 Å². The maximum absolute atomic E-state index is 13.3. The van der Waals surface area contributed by atoms with Crippen molar-refractivity contribution in [3.8, 4) is 11.5 Å². The molecule has 162 valence electrons. The summed E-state index contributed by atoms with van der Waals surface area (Å²) in [6.45, 7) is 0.0836. The minimum Gasteiger partial charge on any atom is -0.507 e. The van der Waals surface area contributed by atoms with Gasteiger partial charge in [-0.3, -0.25) is 14.5 Å². The molecule has 0 spiro atoms. The molecule has 0 bridgehead atoms. The first-order valence-electron chi connectivity index (χ1n) is 10.4. The molecule has 3 aromatic carbocycles. The molecule has 6 rings (SSSR count). The first-order chi connectivity index (χ1) is 16.1. The lowest BCUT2D eigenvalue weighted by atomic mass is 9.96. The van der Waals surface area contributed by atoms with Crippen molar-refractivity contribution in [2.24, 2.45) is 0 Å². The number of hydrogen-bond donors (Lipinski definition) is 1. The summed E-state index contributed by atoms with van der Waals surface area (Å²) in [6.07, 6.45) is 1.47. The summed E-state index contributed by atoms with van der Waals surface area (Å²) in [5.41, 5.74) is 0.858. The molecule has 4 aromatic rings. The Morgan fingerprint density at radius 3 is 2.58 bits per heavy atom. The van der Waals surface area contributed by atoms with Crippen molar-refractivity contribution < 1.29 is 28.6 Å². The zero-order valence-corrected chi connectivity index (χ0v) is 17.2. The second kappa shape index (κ2) is 7.27. The van der Waals surface area contributed by atoms with E-state index in [2.05, 4.69) is 0 Å². The van der Waals surface area contributed by atoms with Crippen molar-refractivity contribution in [3.63, 3.8) is 0 Å². The Labute approximate surface area is 188 Å². The van der Waals surface area contributed by atoms with Crippen LogP contribution in [0.25, 0.3) is 16.5 Å². The monoisotopic (exact) mass is 439 g/mol. The molecule has 1 amide bonds. The second-order valence-corrected chi connectivity index (χ2v) is 7.75. The van der Waals surface area contributed by atoms with Gasteiger partial charge in [-0.15, -0.1) is 0 Å². The number of furan rings is 1. The topological polar surface area (TPSA) is 89.2 Å². The lowest BCUT2D eigenvalue weighted by molar-refractivity contribution is -0.132. The molecule has 0 aliphatic carbocycles. The molecule has 1 saturated heterocycles. The summed E-state index contributed by atoms with van der Waals surface area (Å²) in [6, 6.07) is 20.4. The van der Waals surface area contributed by atoms with Crippen LogP contribution in [0.2, 0.25) is 0 Å². The fourth-order valence-electron chi connectivity index (χ4n) is 4.43. The Morgan fingerprint density at radius 1 is 0.909 bits per heavy atom. The molecule has 7 heteroatoms. The van der Waals surface area contributed by atoms with Gasteiger partial charge in [0, 0.05) is 17.3 Å². The highest BCUT2D eigenvalue weighted by Gasteiger charge is 2.48. The van der Waals surface area contributed by atoms with E-state index in [-0.39, 0.29) is 18.1 Å². The van der Waals surface area contributed by atoms with Crippen LogP contribution in [-0.2, 0) is 9.59 Å². The third-order valence-electron chi connectivity index (χ3n) is 5.94. The average Bonchev–Trinajstić information content (AvgIpc) is 3.58. The third-order valence-corrected chi connectivity index (χ3v) is 5.94. The fourth-order valence-corrected chi connectivity index (χ4v) is 4.43. The minimum atomic E-state index is -0.945. The lowest BCUT2D eigenvalue weighted by Crippen LogP contribution is -2.29. The van der Waals surface area contributed by atoms with Crippen molar-refractivity contribution in [1.29, 1.82) is 0 Å². The molecule has 0 saturated carbocycles. The highest BCUT2D eigenvalue weighted by atomic mass is 16.7. The second-order valence-electron chi connectivity index (χ2n) is 7.75. The molecule has 3 heterocycles. The number of benzene rings is 3. The van der Waals surface area contributed by atoms with Crippen molar-refractivity contribution in [3.05, 3.63) is 96.0 Å². The van der Waals surface area contributed by atoms with Crippen LogP contribution >= 0.6 is 0 Å². The van der Waals surface area contributed by atoms with Crippen LogP contribution in [0.5, 0.6) is 11.5 Å². The number of fused-ring (bicyclic) bond motifs is 2. The summed E-state index contributed by atoms with van der Waals surface area (Å²) in [7, 11) is 0. The van der Waals surface area contributed by atoms with Crippen molar-refractivity contribution in [2.45, 2.75) is 6.04 Å². The molecule has 33 heavy (non-hydrogen) atoms. The van der Waals surface area contributed by atoms with Crippen LogP contribution in [0.3, 0.4) is 0 Å². The van der Waals surface area contributed by atoms with E-state index in [1.54, 1.807) is 42.5 Å². The Kier molecular flexibility index (Phi) is 4.23. The van der Waals surface area contributed by atoms with Crippen LogP contribution in [-0.4, -0.2) is 23.6 Å². The van der Waals surface area contributed by atoms with Crippen LogP contribution in [0, 0.1) is 0 Å². The summed E-state index contributed by atoms with van der Waals surface area (Å²) in [5, 5.41) is 13.1. The summed E-state index contributed by atoms with van der Waals surface area (Å²) < 4.78 is 16.4. The molecule has 1 N–H and O–H groups in total. The number of amides is 1. The standard InChI is InChI=1S/C26H17NO6/c28-24(18-8-3-6-15-5-1-2-7-17(15)18)22-23(20-9-4-12-31-20)27(26(30)25(22)29)16-10-11-19-21(13-16)33-14-32-19/h1-13,23,28H,14H2/b24-22-. The zero-order chi connectivity index (χ0) is 22.5. The zero-order valence-electron chi connectivity index (χ0n) is 17.2. The number of ether oxygens (including phenoxy) is 2. The van der Waals surface area contributed by atoms with Crippen molar-refractivity contribution in [1.82, 2.24) is 0 Å². The number of Topliss-reactive ketones (excluding diaryl/α,β-unsaturated/α-hetero) is 1.